The largest absolute Gasteiger partial charge is 0.352 e. The molecule has 146 valence electrons. The Morgan fingerprint density at radius 3 is 2.81 bits per heavy atom. The number of hydrogen-bond donors (Lipinski definition) is 2. The number of aromatic nitrogens is 2. The summed E-state index contributed by atoms with van der Waals surface area (Å²) in [4.78, 5) is 28.5. The van der Waals surface area contributed by atoms with Crippen molar-refractivity contribution in [2.24, 2.45) is 5.92 Å². The van der Waals surface area contributed by atoms with Crippen LogP contribution in [0.3, 0.4) is 0 Å². The molecule has 6 heteroatoms. The van der Waals surface area contributed by atoms with Gasteiger partial charge in [0.25, 0.3) is 5.91 Å². The van der Waals surface area contributed by atoms with Crippen molar-refractivity contribution < 1.29 is 9.59 Å². The van der Waals surface area contributed by atoms with Gasteiger partial charge in [0.2, 0.25) is 5.91 Å². The van der Waals surface area contributed by atoms with Gasteiger partial charge in [-0.2, -0.15) is 0 Å². The number of hydrogen-bond acceptors (Lipinski definition) is 3. The van der Waals surface area contributed by atoms with Gasteiger partial charge in [-0.05, 0) is 30.5 Å². The van der Waals surface area contributed by atoms with Crippen LogP contribution in [0.25, 0.3) is 0 Å². The molecule has 0 spiro atoms. The molecule has 2 aromatic rings. The van der Waals surface area contributed by atoms with Crippen molar-refractivity contribution in [3.63, 3.8) is 0 Å². The molecule has 0 saturated heterocycles. The lowest BCUT2D eigenvalue weighted by Crippen LogP contribution is -2.29. The number of rotatable bonds is 11. The summed E-state index contributed by atoms with van der Waals surface area (Å²) < 4.78 is 1.85. The fourth-order valence-corrected chi connectivity index (χ4v) is 2.89. The minimum absolute atomic E-state index is 0.0909. The zero-order valence-electron chi connectivity index (χ0n) is 16.3. The lowest BCUT2D eigenvalue weighted by Gasteiger charge is -2.15. The first-order chi connectivity index (χ1) is 13.1. The Bertz CT molecular complexity index is 713. The molecule has 0 fully saturated rings. The van der Waals surface area contributed by atoms with Gasteiger partial charge < -0.3 is 15.2 Å². The second kappa shape index (κ2) is 11.2. The highest BCUT2D eigenvalue weighted by Gasteiger charge is 2.11. The first-order valence-corrected chi connectivity index (χ1v) is 9.76. The summed E-state index contributed by atoms with van der Waals surface area (Å²) >= 11 is 0. The van der Waals surface area contributed by atoms with Crippen LogP contribution in [0.15, 0.2) is 43.0 Å². The van der Waals surface area contributed by atoms with E-state index in [1.54, 1.807) is 36.8 Å². The molecule has 0 aliphatic rings. The Morgan fingerprint density at radius 2 is 2.11 bits per heavy atom. The Balaban J connectivity index is 1.84. The number of benzene rings is 1. The third-order valence-corrected chi connectivity index (χ3v) is 4.66. The second-order valence-electron chi connectivity index (χ2n) is 6.81. The Labute approximate surface area is 161 Å². The third-order valence-electron chi connectivity index (χ3n) is 4.66. The summed E-state index contributed by atoms with van der Waals surface area (Å²) in [6, 6.07) is 7.07. The van der Waals surface area contributed by atoms with Crippen LogP contribution >= 0.6 is 0 Å². The summed E-state index contributed by atoms with van der Waals surface area (Å²) in [6.07, 6.45) is 10.1. The maximum atomic E-state index is 12.4. The average molecular weight is 370 g/mol. The first-order valence-electron chi connectivity index (χ1n) is 9.76. The number of imidazole rings is 1. The van der Waals surface area contributed by atoms with Crippen molar-refractivity contribution in [2.75, 3.05) is 11.9 Å². The maximum absolute atomic E-state index is 12.4. The van der Waals surface area contributed by atoms with Crippen molar-refractivity contribution in [1.29, 1.82) is 0 Å². The molecule has 1 heterocycles. The summed E-state index contributed by atoms with van der Waals surface area (Å²) in [7, 11) is 0. The normalized spacial score (nSPS) is 11.8. The van der Waals surface area contributed by atoms with E-state index in [9.17, 15) is 9.59 Å². The van der Waals surface area contributed by atoms with Gasteiger partial charge in [0, 0.05) is 43.2 Å². The summed E-state index contributed by atoms with van der Waals surface area (Å²) in [6.45, 7) is 5.60. The monoisotopic (exact) mass is 370 g/mol. The summed E-state index contributed by atoms with van der Waals surface area (Å²) in [5.74, 6) is 0.325. The molecule has 1 atom stereocenters. The molecular weight excluding hydrogens is 340 g/mol. The van der Waals surface area contributed by atoms with Gasteiger partial charge >= 0.3 is 0 Å². The number of amides is 2. The lowest BCUT2D eigenvalue weighted by molar-refractivity contribution is -0.116. The van der Waals surface area contributed by atoms with E-state index < -0.39 is 0 Å². The molecule has 27 heavy (non-hydrogen) atoms. The van der Waals surface area contributed by atoms with E-state index in [-0.39, 0.29) is 11.8 Å². The SMILES string of the molecule is CCCCC(CC)CNC(=O)c1cccc(NC(=O)CCn2ccnc2)c1. The molecule has 1 aromatic heterocycles. The molecule has 0 aliphatic carbocycles. The molecule has 0 radical (unpaired) electrons. The fourth-order valence-electron chi connectivity index (χ4n) is 2.89. The van der Waals surface area contributed by atoms with Crippen LogP contribution in [0.5, 0.6) is 0 Å². The van der Waals surface area contributed by atoms with Crippen LogP contribution < -0.4 is 10.6 Å². The Hall–Kier alpha value is -2.63. The van der Waals surface area contributed by atoms with Crippen molar-refractivity contribution in [3.8, 4) is 0 Å². The molecule has 0 aliphatic heterocycles. The quantitative estimate of drug-likeness (QED) is 0.631. The van der Waals surface area contributed by atoms with Crippen molar-refractivity contribution in [3.05, 3.63) is 48.5 Å². The molecule has 0 saturated carbocycles. The molecule has 1 aromatic carbocycles. The zero-order chi connectivity index (χ0) is 19.5. The molecule has 1 unspecified atom stereocenters. The third kappa shape index (κ3) is 7.25. The number of aryl methyl sites for hydroxylation is 1. The van der Waals surface area contributed by atoms with E-state index >= 15 is 0 Å². The number of carbonyl (C=O) groups excluding carboxylic acids is 2. The van der Waals surface area contributed by atoms with E-state index in [0.29, 0.717) is 36.7 Å². The minimum atomic E-state index is -0.0977. The number of carbonyl (C=O) groups is 2. The predicted octanol–water partition coefficient (Wildman–Crippen LogP) is 3.86. The minimum Gasteiger partial charge on any atom is -0.352 e. The van der Waals surface area contributed by atoms with Crippen molar-refractivity contribution >= 4 is 17.5 Å². The van der Waals surface area contributed by atoms with Crippen LogP contribution in [-0.2, 0) is 11.3 Å². The molecule has 0 bridgehead atoms. The van der Waals surface area contributed by atoms with Gasteiger partial charge in [0.15, 0.2) is 0 Å². The van der Waals surface area contributed by atoms with Gasteiger partial charge in [-0.25, -0.2) is 4.98 Å². The average Bonchev–Trinajstić information content (AvgIpc) is 3.20. The smallest absolute Gasteiger partial charge is 0.251 e. The van der Waals surface area contributed by atoms with Gasteiger partial charge in [0.1, 0.15) is 0 Å². The number of anilines is 1. The van der Waals surface area contributed by atoms with Gasteiger partial charge in [0.05, 0.1) is 6.33 Å². The highest BCUT2D eigenvalue weighted by molar-refractivity contribution is 5.97. The van der Waals surface area contributed by atoms with Gasteiger partial charge in [-0.1, -0.05) is 39.2 Å². The zero-order valence-corrected chi connectivity index (χ0v) is 16.3. The van der Waals surface area contributed by atoms with Crippen LogP contribution in [0.2, 0.25) is 0 Å². The van der Waals surface area contributed by atoms with Gasteiger partial charge in [-0.15, -0.1) is 0 Å². The number of nitrogens with one attached hydrogen (secondary N) is 2. The van der Waals surface area contributed by atoms with E-state index in [0.717, 1.165) is 12.8 Å². The van der Waals surface area contributed by atoms with E-state index in [1.165, 1.54) is 12.8 Å². The van der Waals surface area contributed by atoms with Crippen molar-refractivity contribution in [2.45, 2.75) is 52.5 Å². The first kappa shape index (κ1) is 20.7. The van der Waals surface area contributed by atoms with E-state index in [2.05, 4.69) is 29.5 Å². The van der Waals surface area contributed by atoms with Crippen LogP contribution in [0.4, 0.5) is 5.69 Å². The Kier molecular flexibility index (Phi) is 8.55. The molecule has 2 N–H and O–H groups in total. The predicted molar refractivity (Wildman–Crippen MR) is 108 cm³/mol. The number of nitrogens with zero attached hydrogens (tertiary/aromatic N) is 2. The molecule has 2 amide bonds. The second-order valence-corrected chi connectivity index (χ2v) is 6.81. The van der Waals surface area contributed by atoms with E-state index in [4.69, 9.17) is 0 Å². The highest BCUT2D eigenvalue weighted by Crippen LogP contribution is 2.14. The van der Waals surface area contributed by atoms with E-state index in [1.807, 2.05) is 10.8 Å². The molecular formula is C21H30N4O2. The Morgan fingerprint density at radius 1 is 1.26 bits per heavy atom. The molecule has 2 rings (SSSR count). The van der Waals surface area contributed by atoms with Crippen molar-refractivity contribution in [1.82, 2.24) is 14.9 Å². The maximum Gasteiger partial charge on any atom is 0.251 e. The fraction of sp³-hybridized carbons (Fsp3) is 0.476. The standard InChI is InChI=1S/C21H30N4O2/c1-3-5-7-17(4-2)15-23-21(27)18-8-6-9-19(14-18)24-20(26)10-12-25-13-11-22-16-25/h6,8-9,11,13-14,16-17H,3-5,7,10,12,15H2,1-2H3,(H,23,27)(H,24,26). The summed E-state index contributed by atoms with van der Waals surface area (Å²) in [5.41, 5.74) is 1.20. The van der Waals surface area contributed by atoms with Crippen LogP contribution in [0, 0.1) is 5.92 Å². The van der Waals surface area contributed by atoms with Crippen LogP contribution in [-0.4, -0.2) is 27.9 Å². The lowest BCUT2D eigenvalue weighted by atomic mass is 9.99. The highest BCUT2D eigenvalue weighted by atomic mass is 16.2. The van der Waals surface area contributed by atoms with Gasteiger partial charge in [-0.3, -0.25) is 9.59 Å². The number of unbranched alkanes of at least 4 members (excludes halogenated alkanes) is 1. The summed E-state index contributed by atoms with van der Waals surface area (Å²) in [5, 5.41) is 5.87. The van der Waals surface area contributed by atoms with Crippen LogP contribution in [0.1, 0.15) is 56.3 Å². The topological polar surface area (TPSA) is 76.0 Å². The molecule has 6 nitrogen and oxygen atoms in total.